The van der Waals surface area contributed by atoms with Crippen molar-refractivity contribution in [3.8, 4) is 0 Å². The van der Waals surface area contributed by atoms with E-state index in [0.717, 1.165) is 11.1 Å². The standard InChI is InChI=1S/C12H17NO2S/c1-9-3-4-11(7-10(9)2)16(14,15)12(8-13)5-6-12/h3-4,7H,5-6,8,13H2,1-2H3. The Hall–Kier alpha value is -0.870. The second-order valence-electron chi connectivity index (χ2n) is 4.64. The Bertz CT molecular complexity index is 516. The maximum absolute atomic E-state index is 12.3. The molecule has 1 fully saturated rings. The summed E-state index contributed by atoms with van der Waals surface area (Å²) < 4.78 is 24.0. The Kier molecular flexibility index (Phi) is 2.59. The summed E-state index contributed by atoms with van der Waals surface area (Å²) in [7, 11) is -3.24. The van der Waals surface area contributed by atoms with Gasteiger partial charge in [-0.1, -0.05) is 6.07 Å². The van der Waals surface area contributed by atoms with Crippen molar-refractivity contribution in [3.05, 3.63) is 29.3 Å². The summed E-state index contributed by atoms with van der Waals surface area (Å²) in [5, 5.41) is 0. The van der Waals surface area contributed by atoms with Gasteiger partial charge in [-0.25, -0.2) is 8.42 Å². The van der Waals surface area contributed by atoms with Crippen LogP contribution in [0.15, 0.2) is 23.1 Å². The fourth-order valence-electron chi connectivity index (χ4n) is 1.85. The highest BCUT2D eigenvalue weighted by Crippen LogP contribution is 2.45. The van der Waals surface area contributed by atoms with Crippen LogP contribution in [0, 0.1) is 13.8 Å². The molecule has 0 saturated heterocycles. The highest BCUT2D eigenvalue weighted by Gasteiger charge is 2.53. The second kappa shape index (κ2) is 3.57. The molecule has 2 rings (SSSR count). The summed E-state index contributed by atoms with van der Waals surface area (Å²) in [4.78, 5) is 0.415. The Morgan fingerprint density at radius 3 is 2.31 bits per heavy atom. The average molecular weight is 239 g/mol. The summed E-state index contributed by atoms with van der Waals surface area (Å²) >= 11 is 0. The lowest BCUT2D eigenvalue weighted by Gasteiger charge is -2.14. The van der Waals surface area contributed by atoms with Crippen LogP contribution < -0.4 is 5.73 Å². The van der Waals surface area contributed by atoms with Crippen LogP contribution in [0.4, 0.5) is 0 Å². The van der Waals surface area contributed by atoms with Gasteiger partial charge in [0.05, 0.1) is 9.64 Å². The summed E-state index contributed by atoms with van der Waals surface area (Å²) in [5.41, 5.74) is 7.70. The van der Waals surface area contributed by atoms with E-state index < -0.39 is 14.6 Å². The summed E-state index contributed by atoms with van der Waals surface area (Å²) in [6.07, 6.45) is 1.39. The Balaban J connectivity index is 2.48. The molecule has 0 aliphatic heterocycles. The maximum Gasteiger partial charge on any atom is 0.185 e. The molecular weight excluding hydrogens is 222 g/mol. The van der Waals surface area contributed by atoms with E-state index in [9.17, 15) is 8.42 Å². The molecule has 0 spiro atoms. The lowest BCUT2D eigenvalue weighted by Crippen LogP contribution is -2.31. The summed E-state index contributed by atoms with van der Waals surface area (Å²) in [6, 6.07) is 5.29. The lowest BCUT2D eigenvalue weighted by molar-refractivity contribution is 0.577. The molecule has 2 N–H and O–H groups in total. The zero-order valence-electron chi connectivity index (χ0n) is 9.66. The van der Waals surface area contributed by atoms with E-state index in [1.54, 1.807) is 12.1 Å². The van der Waals surface area contributed by atoms with Crippen molar-refractivity contribution in [2.45, 2.75) is 36.3 Å². The van der Waals surface area contributed by atoms with Crippen LogP contribution in [0.1, 0.15) is 24.0 Å². The van der Waals surface area contributed by atoms with E-state index >= 15 is 0 Å². The second-order valence-corrected chi connectivity index (χ2v) is 6.98. The van der Waals surface area contributed by atoms with Crippen LogP contribution in [0.2, 0.25) is 0 Å². The first-order valence-electron chi connectivity index (χ1n) is 5.45. The van der Waals surface area contributed by atoms with Gasteiger partial charge in [-0.05, 0) is 49.9 Å². The number of sulfone groups is 1. The predicted octanol–water partition coefficient (Wildman–Crippen LogP) is 1.57. The van der Waals surface area contributed by atoms with Crippen LogP contribution >= 0.6 is 0 Å². The van der Waals surface area contributed by atoms with Gasteiger partial charge in [-0.2, -0.15) is 0 Å². The quantitative estimate of drug-likeness (QED) is 0.871. The van der Waals surface area contributed by atoms with Gasteiger partial charge < -0.3 is 5.73 Å². The van der Waals surface area contributed by atoms with Gasteiger partial charge in [0, 0.05) is 6.54 Å². The average Bonchev–Trinajstić information content (AvgIpc) is 3.02. The molecule has 0 bridgehead atoms. The van der Waals surface area contributed by atoms with Crippen molar-refractivity contribution >= 4 is 9.84 Å². The fourth-order valence-corrected chi connectivity index (χ4v) is 3.79. The van der Waals surface area contributed by atoms with Gasteiger partial charge in [0.25, 0.3) is 0 Å². The number of aryl methyl sites for hydroxylation is 2. The smallest absolute Gasteiger partial charge is 0.185 e. The lowest BCUT2D eigenvalue weighted by atomic mass is 10.1. The summed E-state index contributed by atoms with van der Waals surface area (Å²) in [6.45, 7) is 4.13. The van der Waals surface area contributed by atoms with Crippen molar-refractivity contribution in [3.63, 3.8) is 0 Å². The molecule has 0 unspecified atom stereocenters. The molecule has 1 aliphatic carbocycles. The number of rotatable bonds is 3. The first-order chi connectivity index (χ1) is 7.43. The molecule has 4 heteroatoms. The van der Waals surface area contributed by atoms with E-state index in [1.165, 1.54) is 0 Å². The van der Waals surface area contributed by atoms with Crippen molar-refractivity contribution in [2.24, 2.45) is 5.73 Å². The number of benzene rings is 1. The Labute approximate surface area is 96.6 Å². The molecule has 0 heterocycles. The topological polar surface area (TPSA) is 60.2 Å². The first kappa shape index (κ1) is 11.6. The van der Waals surface area contributed by atoms with Crippen molar-refractivity contribution in [1.29, 1.82) is 0 Å². The molecule has 0 radical (unpaired) electrons. The summed E-state index contributed by atoms with van der Waals surface area (Å²) in [5.74, 6) is 0. The van der Waals surface area contributed by atoms with Gasteiger partial charge >= 0.3 is 0 Å². The zero-order chi connectivity index (χ0) is 12.0. The van der Waals surface area contributed by atoms with E-state index in [4.69, 9.17) is 5.73 Å². The van der Waals surface area contributed by atoms with Crippen LogP contribution in [-0.4, -0.2) is 19.7 Å². The van der Waals surface area contributed by atoms with Crippen LogP contribution in [-0.2, 0) is 9.84 Å². The molecule has 88 valence electrons. The molecule has 3 nitrogen and oxygen atoms in total. The van der Waals surface area contributed by atoms with E-state index in [1.807, 2.05) is 19.9 Å². The predicted molar refractivity (Wildman–Crippen MR) is 64.1 cm³/mol. The minimum Gasteiger partial charge on any atom is -0.329 e. The number of nitrogens with two attached hydrogens (primary N) is 1. The molecular formula is C12H17NO2S. The normalized spacial score (nSPS) is 18.4. The molecule has 16 heavy (non-hydrogen) atoms. The highest BCUT2D eigenvalue weighted by atomic mass is 32.2. The van der Waals surface area contributed by atoms with Crippen LogP contribution in [0.3, 0.4) is 0 Å². The molecule has 1 aromatic carbocycles. The highest BCUT2D eigenvalue weighted by molar-refractivity contribution is 7.93. The molecule has 0 atom stereocenters. The largest absolute Gasteiger partial charge is 0.329 e. The SMILES string of the molecule is Cc1ccc(S(=O)(=O)C2(CN)CC2)cc1C. The van der Waals surface area contributed by atoms with E-state index in [0.29, 0.717) is 17.7 Å². The Morgan fingerprint density at radius 1 is 1.25 bits per heavy atom. The van der Waals surface area contributed by atoms with Gasteiger partial charge in [-0.15, -0.1) is 0 Å². The maximum atomic E-state index is 12.3. The molecule has 0 aromatic heterocycles. The zero-order valence-corrected chi connectivity index (χ0v) is 10.5. The third-order valence-corrected chi connectivity index (χ3v) is 6.13. The van der Waals surface area contributed by atoms with Crippen molar-refractivity contribution < 1.29 is 8.42 Å². The molecule has 1 aromatic rings. The van der Waals surface area contributed by atoms with E-state index in [-0.39, 0.29) is 6.54 Å². The number of hydrogen-bond acceptors (Lipinski definition) is 3. The van der Waals surface area contributed by atoms with Gasteiger partial charge in [-0.3, -0.25) is 0 Å². The van der Waals surface area contributed by atoms with Crippen molar-refractivity contribution in [1.82, 2.24) is 0 Å². The molecule has 1 aliphatic rings. The van der Waals surface area contributed by atoms with Crippen LogP contribution in [0.5, 0.6) is 0 Å². The fraction of sp³-hybridized carbons (Fsp3) is 0.500. The van der Waals surface area contributed by atoms with Gasteiger partial charge in [0.2, 0.25) is 0 Å². The van der Waals surface area contributed by atoms with Gasteiger partial charge in [0.15, 0.2) is 9.84 Å². The molecule has 0 amide bonds. The third kappa shape index (κ3) is 1.57. The van der Waals surface area contributed by atoms with Gasteiger partial charge in [0.1, 0.15) is 0 Å². The minimum atomic E-state index is -3.24. The third-order valence-electron chi connectivity index (χ3n) is 3.54. The first-order valence-corrected chi connectivity index (χ1v) is 6.93. The number of hydrogen-bond donors (Lipinski definition) is 1. The Morgan fingerprint density at radius 2 is 1.88 bits per heavy atom. The minimum absolute atomic E-state index is 0.224. The van der Waals surface area contributed by atoms with E-state index in [2.05, 4.69) is 0 Å². The monoisotopic (exact) mass is 239 g/mol. The molecule has 1 saturated carbocycles. The van der Waals surface area contributed by atoms with Crippen molar-refractivity contribution in [2.75, 3.05) is 6.54 Å². The van der Waals surface area contributed by atoms with Crippen LogP contribution in [0.25, 0.3) is 0 Å².